The van der Waals surface area contributed by atoms with Crippen molar-refractivity contribution in [2.75, 3.05) is 5.73 Å². The van der Waals surface area contributed by atoms with Gasteiger partial charge in [-0.3, -0.25) is 0 Å². The number of hydrogen-bond donors (Lipinski definition) is 3. The van der Waals surface area contributed by atoms with Gasteiger partial charge >= 0.3 is 12.1 Å². The molecule has 0 bridgehead atoms. The molecule has 0 aliphatic rings. The smallest absolute Gasteiger partial charge is 0.475 e. The van der Waals surface area contributed by atoms with Gasteiger partial charge in [0.05, 0.1) is 10.9 Å². The number of aromatic nitrogens is 2. The minimum absolute atomic E-state index is 0.0448. The normalized spacial score (nSPS) is 10.7. The van der Waals surface area contributed by atoms with Gasteiger partial charge < -0.3 is 20.6 Å². The van der Waals surface area contributed by atoms with Crippen molar-refractivity contribution in [3.63, 3.8) is 0 Å². The van der Waals surface area contributed by atoms with Crippen LogP contribution in [0.4, 0.5) is 27.6 Å². The topological polar surface area (TPSA) is 125 Å². The summed E-state index contributed by atoms with van der Waals surface area (Å²) in [5, 5.41) is 16.5. The number of nitrogens with two attached hydrogens (primary N) is 1. The molecule has 0 spiro atoms. The van der Waals surface area contributed by atoms with Crippen molar-refractivity contribution in [1.82, 2.24) is 9.97 Å². The van der Waals surface area contributed by atoms with Crippen molar-refractivity contribution in [2.24, 2.45) is 0 Å². The van der Waals surface area contributed by atoms with Gasteiger partial charge in [0.2, 0.25) is 0 Å². The van der Waals surface area contributed by atoms with E-state index in [9.17, 15) is 22.0 Å². The number of anilines is 1. The van der Waals surface area contributed by atoms with Gasteiger partial charge in [-0.2, -0.15) is 18.4 Å². The van der Waals surface area contributed by atoms with Crippen LogP contribution in [0.1, 0.15) is 5.56 Å². The zero-order chi connectivity index (χ0) is 21.1. The number of fused-ring (bicyclic) bond motifs is 1. The lowest BCUT2D eigenvalue weighted by molar-refractivity contribution is -0.192. The Balaban J connectivity index is 0.000000345. The van der Waals surface area contributed by atoms with Crippen LogP contribution in [0.3, 0.4) is 0 Å². The maximum absolute atomic E-state index is 13.8. The molecule has 0 saturated carbocycles. The molecule has 1 aromatic carbocycles. The highest BCUT2D eigenvalue weighted by Gasteiger charge is 2.38. The number of alkyl halides is 3. The fourth-order valence-electron chi connectivity index (χ4n) is 1.99. The molecule has 0 unspecified atom stereocenters. The second kappa shape index (κ2) is 7.78. The molecule has 3 aromatic rings. The zero-order valence-corrected chi connectivity index (χ0v) is 13.5. The van der Waals surface area contributed by atoms with Crippen molar-refractivity contribution in [3.05, 3.63) is 47.8 Å². The minimum Gasteiger partial charge on any atom is -0.475 e. The van der Waals surface area contributed by atoms with Crippen molar-refractivity contribution in [2.45, 2.75) is 6.18 Å². The van der Waals surface area contributed by atoms with Gasteiger partial charge in [-0.05, 0) is 6.07 Å². The van der Waals surface area contributed by atoms with Gasteiger partial charge in [0, 0.05) is 30.2 Å². The third-order valence-corrected chi connectivity index (χ3v) is 3.13. The molecule has 7 nitrogen and oxygen atoms in total. The van der Waals surface area contributed by atoms with Crippen LogP contribution in [0.15, 0.2) is 30.6 Å². The number of ether oxygens (including phenoxy) is 1. The summed E-state index contributed by atoms with van der Waals surface area (Å²) in [5.74, 6) is -5.06. The van der Waals surface area contributed by atoms with E-state index < -0.39 is 29.5 Å². The number of nitriles is 1. The SMILES string of the molecule is N#Cc1c[nH]c2nccc(Oc3c(F)cc(N)cc3F)c12.O=C(O)C(F)(F)F. The molecule has 0 fully saturated rings. The third-order valence-electron chi connectivity index (χ3n) is 3.13. The Labute approximate surface area is 152 Å². The van der Waals surface area contributed by atoms with Crippen LogP contribution in [0, 0.1) is 23.0 Å². The second-order valence-corrected chi connectivity index (χ2v) is 5.07. The maximum Gasteiger partial charge on any atom is 0.490 e. The molecule has 0 atom stereocenters. The summed E-state index contributed by atoms with van der Waals surface area (Å²) in [6.07, 6.45) is -2.23. The first-order valence-corrected chi connectivity index (χ1v) is 7.13. The Bertz CT molecular complexity index is 1050. The molecule has 0 saturated heterocycles. The number of benzene rings is 1. The van der Waals surface area contributed by atoms with Crippen molar-refractivity contribution >= 4 is 22.7 Å². The summed E-state index contributed by atoms with van der Waals surface area (Å²) in [4.78, 5) is 15.7. The molecule has 28 heavy (non-hydrogen) atoms. The van der Waals surface area contributed by atoms with Gasteiger partial charge in [0.15, 0.2) is 17.4 Å². The van der Waals surface area contributed by atoms with E-state index in [1.807, 2.05) is 6.07 Å². The fraction of sp³-hybridized carbons (Fsp3) is 0.0625. The van der Waals surface area contributed by atoms with E-state index in [2.05, 4.69) is 9.97 Å². The number of aliphatic carboxylic acids is 1. The average Bonchev–Trinajstić information content (AvgIpc) is 3.01. The summed E-state index contributed by atoms with van der Waals surface area (Å²) < 4.78 is 64.6. The summed E-state index contributed by atoms with van der Waals surface area (Å²) in [6, 6.07) is 5.29. The Kier molecular flexibility index (Phi) is 5.68. The first kappa shape index (κ1) is 20.4. The molecule has 2 heterocycles. The summed E-state index contributed by atoms with van der Waals surface area (Å²) in [7, 11) is 0. The minimum atomic E-state index is -5.08. The summed E-state index contributed by atoms with van der Waals surface area (Å²) >= 11 is 0. The first-order chi connectivity index (χ1) is 13.0. The molecular weight excluding hydrogens is 391 g/mol. The highest BCUT2D eigenvalue weighted by Crippen LogP contribution is 2.34. The number of carboxylic acids is 1. The Morgan fingerprint density at radius 2 is 1.86 bits per heavy atom. The maximum atomic E-state index is 13.8. The monoisotopic (exact) mass is 400 g/mol. The molecule has 0 aliphatic heterocycles. The van der Waals surface area contributed by atoms with E-state index in [0.717, 1.165) is 12.1 Å². The Morgan fingerprint density at radius 1 is 1.29 bits per heavy atom. The molecule has 3 rings (SSSR count). The second-order valence-electron chi connectivity index (χ2n) is 5.07. The zero-order valence-electron chi connectivity index (χ0n) is 13.5. The van der Waals surface area contributed by atoms with Crippen LogP contribution in [0.2, 0.25) is 0 Å². The third kappa shape index (κ3) is 4.44. The van der Waals surface area contributed by atoms with Crippen molar-refractivity contribution in [3.8, 4) is 17.6 Å². The fourth-order valence-corrected chi connectivity index (χ4v) is 1.99. The number of pyridine rings is 1. The molecule has 146 valence electrons. The van der Waals surface area contributed by atoms with Gasteiger partial charge in [0.1, 0.15) is 17.5 Å². The highest BCUT2D eigenvalue weighted by molar-refractivity contribution is 5.88. The van der Waals surface area contributed by atoms with E-state index in [1.54, 1.807) is 0 Å². The Hall–Kier alpha value is -3.88. The van der Waals surface area contributed by atoms with Crippen LogP contribution < -0.4 is 10.5 Å². The average molecular weight is 400 g/mol. The highest BCUT2D eigenvalue weighted by atomic mass is 19.4. The predicted molar refractivity (Wildman–Crippen MR) is 85.3 cm³/mol. The number of nitrogen functional groups attached to an aromatic ring is 1. The van der Waals surface area contributed by atoms with Gasteiger partial charge in [-0.15, -0.1) is 0 Å². The van der Waals surface area contributed by atoms with Crippen LogP contribution in [-0.2, 0) is 4.79 Å². The largest absolute Gasteiger partial charge is 0.490 e. The number of H-pyrrole nitrogens is 1. The summed E-state index contributed by atoms with van der Waals surface area (Å²) in [6.45, 7) is 0. The summed E-state index contributed by atoms with van der Waals surface area (Å²) in [5.41, 5.74) is 5.96. The Morgan fingerprint density at radius 3 is 2.36 bits per heavy atom. The lowest BCUT2D eigenvalue weighted by atomic mass is 10.2. The number of halogens is 5. The number of aromatic amines is 1. The molecule has 0 amide bonds. The number of carbonyl (C=O) groups is 1. The lowest BCUT2D eigenvalue weighted by Crippen LogP contribution is -2.21. The molecule has 0 aliphatic carbocycles. The molecule has 0 radical (unpaired) electrons. The van der Waals surface area contributed by atoms with Crippen LogP contribution in [0.5, 0.6) is 11.5 Å². The van der Waals surface area contributed by atoms with Crippen LogP contribution >= 0.6 is 0 Å². The molecular formula is C16H9F5N4O3. The quantitative estimate of drug-likeness (QED) is 0.445. The number of nitrogens with one attached hydrogen (secondary N) is 1. The first-order valence-electron chi connectivity index (χ1n) is 7.13. The predicted octanol–water partition coefficient (Wildman–Crippen LogP) is 3.72. The lowest BCUT2D eigenvalue weighted by Gasteiger charge is -2.09. The van der Waals surface area contributed by atoms with E-state index in [4.69, 9.17) is 25.6 Å². The van der Waals surface area contributed by atoms with E-state index in [-0.39, 0.29) is 17.0 Å². The van der Waals surface area contributed by atoms with Gasteiger partial charge in [-0.1, -0.05) is 0 Å². The van der Waals surface area contributed by atoms with E-state index in [1.165, 1.54) is 18.5 Å². The number of carboxylic acid groups (broad SMARTS) is 1. The van der Waals surface area contributed by atoms with E-state index >= 15 is 0 Å². The van der Waals surface area contributed by atoms with E-state index in [0.29, 0.717) is 11.0 Å². The van der Waals surface area contributed by atoms with Crippen LogP contribution in [-0.4, -0.2) is 27.2 Å². The van der Waals surface area contributed by atoms with Crippen molar-refractivity contribution < 1.29 is 36.6 Å². The van der Waals surface area contributed by atoms with Crippen LogP contribution in [0.25, 0.3) is 11.0 Å². The van der Waals surface area contributed by atoms with Gasteiger partial charge in [-0.25, -0.2) is 18.6 Å². The molecule has 4 N–H and O–H groups in total. The molecule has 2 aromatic heterocycles. The van der Waals surface area contributed by atoms with Gasteiger partial charge in [0.25, 0.3) is 0 Å². The number of hydrogen-bond acceptors (Lipinski definition) is 5. The van der Waals surface area contributed by atoms with Crippen molar-refractivity contribution in [1.29, 1.82) is 5.26 Å². The molecule has 12 heteroatoms. The number of nitrogens with zero attached hydrogens (tertiary/aromatic N) is 2. The number of rotatable bonds is 2. The standard InChI is InChI=1S/C14H8F2N4O.C2HF3O2/c15-9-3-8(18)4-10(16)13(9)21-11-1-2-19-14-12(11)7(5-17)6-20-14;3-2(4,5)1(6)7/h1-4,6H,18H2,(H,19,20);(H,6,7).